The van der Waals surface area contributed by atoms with Crippen LogP contribution in [-0.4, -0.2) is 36.2 Å². The van der Waals surface area contributed by atoms with E-state index in [2.05, 4.69) is 0 Å². The summed E-state index contributed by atoms with van der Waals surface area (Å²) in [6.07, 6.45) is -0.122. The Morgan fingerprint density at radius 2 is 1.91 bits per heavy atom. The first-order valence-corrected chi connectivity index (χ1v) is 7.65. The van der Waals surface area contributed by atoms with Crippen LogP contribution in [0.2, 0.25) is 0 Å². The quantitative estimate of drug-likeness (QED) is 0.782. The summed E-state index contributed by atoms with van der Waals surface area (Å²) in [5.41, 5.74) is 0.0284. The molecule has 0 aliphatic carbocycles. The average Bonchev–Trinajstić information content (AvgIpc) is 2.95. The zero-order chi connectivity index (χ0) is 15.8. The molecule has 2 aliphatic heterocycles. The van der Waals surface area contributed by atoms with Gasteiger partial charge >= 0.3 is 0 Å². The van der Waals surface area contributed by atoms with Gasteiger partial charge in [0.15, 0.2) is 24.0 Å². The van der Waals surface area contributed by atoms with E-state index in [-0.39, 0.29) is 0 Å². The van der Waals surface area contributed by atoms with E-state index in [0.717, 1.165) is 11.8 Å². The van der Waals surface area contributed by atoms with Gasteiger partial charge in [-0.1, -0.05) is 37.3 Å². The summed E-state index contributed by atoms with van der Waals surface area (Å²) in [6.45, 7) is 5.96. The zero-order valence-corrected chi connectivity index (χ0v) is 13.2. The molecule has 0 radical (unpaired) electrons. The smallest absolute Gasteiger partial charge is 0.191 e. The van der Waals surface area contributed by atoms with E-state index < -0.39 is 29.9 Å². The number of rotatable bonds is 5. The minimum Gasteiger partial charge on any atom is -0.367 e. The van der Waals surface area contributed by atoms with E-state index in [1.807, 2.05) is 51.1 Å². The highest BCUT2D eigenvalue weighted by Crippen LogP contribution is 2.44. The Balaban J connectivity index is 1.79. The fourth-order valence-corrected chi connectivity index (χ4v) is 3.07. The first-order valence-electron chi connectivity index (χ1n) is 7.65. The van der Waals surface area contributed by atoms with Gasteiger partial charge < -0.3 is 23.7 Å². The van der Waals surface area contributed by atoms with Crippen molar-refractivity contribution in [1.29, 1.82) is 0 Å². The van der Waals surface area contributed by atoms with Crippen LogP contribution in [0.1, 0.15) is 32.8 Å². The second kappa shape index (κ2) is 5.74. The van der Waals surface area contributed by atoms with Crippen LogP contribution in [0.3, 0.4) is 0 Å². The maximum atomic E-state index is 11.7. The molecule has 120 valence electrons. The van der Waals surface area contributed by atoms with Crippen LogP contribution in [0.25, 0.3) is 0 Å². The molecule has 3 rings (SSSR count). The fourth-order valence-electron chi connectivity index (χ4n) is 3.07. The summed E-state index contributed by atoms with van der Waals surface area (Å²) in [5, 5.41) is 0. The highest BCUT2D eigenvalue weighted by atomic mass is 16.8. The lowest BCUT2D eigenvalue weighted by Crippen LogP contribution is -2.47. The van der Waals surface area contributed by atoms with E-state index in [0.29, 0.717) is 13.0 Å². The van der Waals surface area contributed by atoms with Crippen LogP contribution in [0.15, 0.2) is 30.3 Å². The van der Waals surface area contributed by atoms with E-state index in [1.54, 1.807) is 0 Å². The number of hydrogen-bond acceptors (Lipinski definition) is 5. The Morgan fingerprint density at radius 1 is 1.18 bits per heavy atom. The Bertz CT molecular complexity index is 529. The number of carbonyl (C=O) groups is 1. The lowest BCUT2D eigenvalue weighted by Gasteiger charge is -2.31. The number of hydrogen-bond donors (Lipinski definition) is 0. The lowest BCUT2D eigenvalue weighted by molar-refractivity contribution is -0.238. The van der Waals surface area contributed by atoms with Gasteiger partial charge in [-0.3, -0.25) is 0 Å². The number of aldehydes is 1. The zero-order valence-electron chi connectivity index (χ0n) is 13.2. The molecular formula is C17H22O5. The van der Waals surface area contributed by atoms with Crippen molar-refractivity contribution in [2.45, 2.75) is 63.7 Å². The van der Waals surface area contributed by atoms with Crippen LogP contribution >= 0.6 is 0 Å². The molecule has 0 amide bonds. The van der Waals surface area contributed by atoms with Crippen molar-refractivity contribution in [3.63, 3.8) is 0 Å². The monoisotopic (exact) mass is 306 g/mol. The molecule has 0 N–H and O–H groups in total. The SMILES string of the molecule is CC[C@@]1(C=O)O[C@@H]2OC(C)(C)O[C@H]2C1OCc1ccccc1. The van der Waals surface area contributed by atoms with E-state index >= 15 is 0 Å². The summed E-state index contributed by atoms with van der Waals surface area (Å²) in [5.74, 6) is -0.730. The standard InChI is InChI=1S/C17H22O5/c1-4-17(11-18)14(19-10-12-8-6-5-7-9-12)13-15(22-17)21-16(2,3)20-13/h5-9,11,13-15H,4,10H2,1-3H3/t13-,14?,15-,17-/m0/s1. The highest BCUT2D eigenvalue weighted by molar-refractivity contribution is 5.65. The molecule has 0 bridgehead atoms. The Morgan fingerprint density at radius 3 is 2.55 bits per heavy atom. The van der Waals surface area contributed by atoms with Gasteiger partial charge in [-0.2, -0.15) is 0 Å². The molecule has 1 aromatic carbocycles. The molecule has 0 saturated carbocycles. The van der Waals surface area contributed by atoms with Crippen molar-refractivity contribution in [3.8, 4) is 0 Å². The average molecular weight is 306 g/mol. The summed E-state index contributed by atoms with van der Waals surface area (Å²) in [4.78, 5) is 11.7. The summed E-state index contributed by atoms with van der Waals surface area (Å²) < 4.78 is 23.5. The van der Waals surface area contributed by atoms with Crippen molar-refractivity contribution in [2.24, 2.45) is 0 Å². The first kappa shape index (κ1) is 15.6. The van der Waals surface area contributed by atoms with Crippen molar-refractivity contribution < 1.29 is 23.7 Å². The Kier molecular flexibility index (Phi) is 4.07. The van der Waals surface area contributed by atoms with Gasteiger partial charge in [0.2, 0.25) is 0 Å². The van der Waals surface area contributed by atoms with Crippen LogP contribution in [0.4, 0.5) is 0 Å². The molecule has 22 heavy (non-hydrogen) atoms. The summed E-state index contributed by atoms with van der Waals surface area (Å²) >= 11 is 0. The minimum atomic E-state index is -1.01. The minimum absolute atomic E-state index is 0.399. The second-order valence-electron chi connectivity index (χ2n) is 6.23. The predicted molar refractivity (Wildman–Crippen MR) is 79.0 cm³/mol. The molecule has 2 heterocycles. The van der Waals surface area contributed by atoms with Gasteiger partial charge in [-0.15, -0.1) is 0 Å². The van der Waals surface area contributed by atoms with Crippen LogP contribution in [-0.2, 0) is 30.3 Å². The molecule has 1 aromatic rings. The molecular weight excluding hydrogens is 284 g/mol. The van der Waals surface area contributed by atoms with Crippen molar-refractivity contribution in [1.82, 2.24) is 0 Å². The molecule has 0 aromatic heterocycles. The third kappa shape index (κ3) is 2.70. The first-order chi connectivity index (χ1) is 10.5. The third-order valence-corrected chi connectivity index (χ3v) is 4.23. The third-order valence-electron chi connectivity index (χ3n) is 4.23. The number of fused-ring (bicyclic) bond motifs is 1. The molecule has 2 aliphatic rings. The molecule has 2 saturated heterocycles. The van der Waals surface area contributed by atoms with Gasteiger partial charge in [-0.05, 0) is 25.8 Å². The molecule has 2 fully saturated rings. The molecule has 4 atom stereocenters. The maximum absolute atomic E-state index is 11.7. The molecule has 0 spiro atoms. The van der Waals surface area contributed by atoms with Gasteiger partial charge in [0.25, 0.3) is 0 Å². The summed E-state index contributed by atoms with van der Waals surface area (Å²) in [7, 11) is 0. The topological polar surface area (TPSA) is 54.0 Å². The number of carbonyl (C=O) groups excluding carboxylic acids is 1. The largest absolute Gasteiger partial charge is 0.367 e. The number of benzene rings is 1. The van der Waals surface area contributed by atoms with Gasteiger partial charge in [-0.25, -0.2) is 0 Å². The number of ether oxygens (including phenoxy) is 4. The highest BCUT2D eigenvalue weighted by Gasteiger charge is 2.62. The van der Waals surface area contributed by atoms with Crippen molar-refractivity contribution in [2.75, 3.05) is 0 Å². The normalized spacial score (nSPS) is 36.2. The van der Waals surface area contributed by atoms with Gasteiger partial charge in [0.1, 0.15) is 12.2 Å². The molecule has 1 unspecified atom stereocenters. The molecule has 5 heteroatoms. The second-order valence-corrected chi connectivity index (χ2v) is 6.23. The lowest BCUT2D eigenvalue weighted by atomic mass is 9.94. The predicted octanol–water partition coefficient (Wildman–Crippen LogP) is 2.43. The van der Waals surface area contributed by atoms with Crippen LogP contribution < -0.4 is 0 Å². The summed E-state index contributed by atoms with van der Waals surface area (Å²) in [6, 6.07) is 9.83. The maximum Gasteiger partial charge on any atom is 0.191 e. The fraction of sp³-hybridized carbons (Fsp3) is 0.588. The van der Waals surface area contributed by atoms with Gasteiger partial charge in [0.05, 0.1) is 6.61 Å². The van der Waals surface area contributed by atoms with E-state index in [4.69, 9.17) is 18.9 Å². The van der Waals surface area contributed by atoms with E-state index in [9.17, 15) is 4.79 Å². The Hall–Kier alpha value is -1.27. The van der Waals surface area contributed by atoms with Crippen LogP contribution in [0, 0.1) is 0 Å². The van der Waals surface area contributed by atoms with Crippen molar-refractivity contribution >= 4 is 6.29 Å². The van der Waals surface area contributed by atoms with Gasteiger partial charge in [0, 0.05) is 0 Å². The van der Waals surface area contributed by atoms with Crippen molar-refractivity contribution in [3.05, 3.63) is 35.9 Å². The van der Waals surface area contributed by atoms with Crippen LogP contribution in [0.5, 0.6) is 0 Å². The molecule has 5 nitrogen and oxygen atoms in total. The van der Waals surface area contributed by atoms with E-state index in [1.165, 1.54) is 0 Å². The Labute approximate surface area is 130 Å².